The molecule has 1 aromatic heterocycles. The molecule has 0 unspecified atom stereocenters. The van der Waals surface area contributed by atoms with E-state index in [-0.39, 0.29) is 0 Å². The molecule has 1 fully saturated rings. The molecule has 2 heterocycles. The van der Waals surface area contributed by atoms with Gasteiger partial charge in [-0.15, -0.1) is 11.3 Å². The molecule has 1 aliphatic rings. The summed E-state index contributed by atoms with van der Waals surface area (Å²) in [5.41, 5.74) is 4.48. The topological polar surface area (TPSA) is 29.8 Å². The lowest BCUT2D eigenvalue weighted by atomic mass is 10.1. The van der Waals surface area contributed by atoms with Gasteiger partial charge in [0.1, 0.15) is 0 Å². The van der Waals surface area contributed by atoms with Crippen molar-refractivity contribution in [1.82, 2.24) is 9.47 Å². The Morgan fingerprint density at radius 3 is 2.52 bits per heavy atom. The minimum Gasteiger partial charge on any atom is -0.379 e. The van der Waals surface area contributed by atoms with Crippen LogP contribution in [0, 0.1) is 0 Å². The summed E-state index contributed by atoms with van der Waals surface area (Å²) in [6.45, 7) is 7.60. The van der Waals surface area contributed by atoms with Gasteiger partial charge in [0.25, 0.3) is 0 Å². The average molecular weight is 428 g/mol. The standard InChI is InChI=1S/C23H26ClN3OS/c1-2-18-7-9-19(10-8-18)25-23-27(12-11-26-13-15-28-16-14-26)22(17-29-23)20-5-3-4-6-21(20)24/h3-10,17H,2,11-16H2,1H3. The summed E-state index contributed by atoms with van der Waals surface area (Å²) < 4.78 is 7.79. The second kappa shape index (κ2) is 9.72. The lowest BCUT2D eigenvalue weighted by Gasteiger charge is -2.27. The zero-order chi connectivity index (χ0) is 20.1. The number of ether oxygens (including phenoxy) is 1. The third-order valence-corrected chi connectivity index (χ3v) is 6.45. The lowest BCUT2D eigenvalue weighted by Crippen LogP contribution is -2.39. The minimum absolute atomic E-state index is 0.768. The van der Waals surface area contributed by atoms with Crippen LogP contribution in [0.4, 0.5) is 5.69 Å². The summed E-state index contributed by atoms with van der Waals surface area (Å²) in [5.74, 6) is 0. The molecule has 1 saturated heterocycles. The van der Waals surface area contributed by atoms with Crippen LogP contribution in [0.15, 0.2) is 58.9 Å². The van der Waals surface area contributed by atoms with Gasteiger partial charge in [-0.3, -0.25) is 4.90 Å². The first-order valence-corrected chi connectivity index (χ1v) is 11.4. The van der Waals surface area contributed by atoms with Crippen molar-refractivity contribution in [3.63, 3.8) is 0 Å². The Kier molecular flexibility index (Phi) is 6.82. The smallest absolute Gasteiger partial charge is 0.190 e. The normalized spacial score (nSPS) is 15.7. The van der Waals surface area contributed by atoms with Crippen molar-refractivity contribution >= 4 is 28.6 Å². The van der Waals surface area contributed by atoms with Crippen molar-refractivity contribution in [2.75, 3.05) is 32.8 Å². The van der Waals surface area contributed by atoms with E-state index in [4.69, 9.17) is 21.3 Å². The van der Waals surface area contributed by atoms with Crippen LogP contribution in [0.2, 0.25) is 5.02 Å². The van der Waals surface area contributed by atoms with Gasteiger partial charge in [-0.25, -0.2) is 4.99 Å². The van der Waals surface area contributed by atoms with Crippen LogP contribution < -0.4 is 4.80 Å². The summed E-state index contributed by atoms with van der Waals surface area (Å²) in [6, 6.07) is 16.5. The second-order valence-corrected chi connectivity index (χ2v) is 8.36. The molecule has 1 aliphatic heterocycles. The Morgan fingerprint density at radius 1 is 1.03 bits per heavy atom. The molecule has 0 atom stereocenters. The van der Waals surface area contributed by atoms with Crippen molar-refractivity contribution in [1.29, 1.82) is 0 Å². The van der Waals surface area contributed by atoms with Crippen molar-refractivity contribution in [3.05, 3.63) is 69.3 Å². The number of benzene rings is 2. The van der Waals surface area contributed by atoms with Crippen LogP contribution in [0.3, 0.4) is 0 Å². The molecule has 0 spiro atoms. The number of nitrogens with zero attached hydrogens (tertiary/aromatic N) is 3. The molecule has 4 rings (SSSR count). The van der Waals surface area contributed by atoms with Crippen LogP contribution in [0.5, 0.6) is 0 Å². The fraction of sp³-hybridized carbons (Fsp3) is 0.348. The minimum atomic E-state index is 0.768. The first kappa shape index (κ1) is 20.4. The highest BCUT2D eigenvalue weighted by molar-refractivity contribution is 7.07. The third kappa shape index (κ3) is 4.98. The highest BCUT2D eigenvalue weighted by Crippen LogP contribution is 2.28. The molecule has 0 amide bonds. The van der Waals surface area contributed by atoms with Crippen LogP contribution in [-0.2, 0) is 17.7 Å². The van der Waals surface area contributed by atoms with Gasteiger partial charge in [-0.2, -0.15) is 0 Å². The third-order valence-electron chi connectivity index (χ3n) is 5.26. The van der Waals surface area contributed by atoms with Crippen LogP contribution in [-0.4, -0.2) is 42.3 Å². The number of hydrogen-bond donors (Lipinski definition) is 0. The number of aryl methyl sites for hydroxylation is 1. The molecule has 6 heteroatoms. The van der Waals surface area contributed by atoms with Crippen molar-refractivity contribution in [2.45, 2.75) is 19.9 Å². The van der Waals surface area contributed by atoms with E-state index in [0.717, 1.165) is 72.6 Å². The molecular weight excluding hydrogens is 402 g/mol. The Bertz CT molecular complexity index is 1000. The molecule has 0 N–H and O–H groups in total. The van der Waals surface area contributed by atoms with Gasteiger partial charge in [0.15, 0.2) is 4.80 Å². The lowest BCUT2D eigenvalue weighted by molar-refractivity contribution is 0.0363. The van der Waals surface area contributed by atoms with E-state index in [9.17, 15) is 0 Å². The van der Waals surface area contributed by atoms with Gasteiger partial charge in [-0.1, -0.05) is 48.9 Å². The largest absolute Gasteiger partial charge is 0.379 e. The fourth-order valence-corrected chi connectivity index (χ4v) is 4.68. The molecule has 0 aliphatic carbocycles. The molecule has 0 radical (unpaired) electrons. The summed E-state index contributed by atoms with van der Waals surface area (Å²) in [4.78, 5) is 8.40. The molecule has 3 aromatic rings. The van der Waals surface area contributed by atoms with Gasteiger partial charge in [0.05, 0.1) is 24.6 Å². The van der Waals surface area contributed by atoms with Gasteiger partial charge in [-0.05, 0) is 30.2 Å². The number of aromatic nitrogens is 1. The maximum atomic E-state index is 6.52. The van der Waals surface area contributed by atoms with E-state index in [1.54, 1.807) is 11.3 Å². The zero-order valence-electron chi connectivity index (χ0n) is 16.7. The van der Waals surface area contributed by atoms with Gasteiger partial charge in [0.2, 0.25) is 0 Å². The SMILES string of the molecule is CCc1ccc(N=c2scc(-c3ccccc3Cl)n2CCN2CCOCC2)cc1. The molecule has 4 nitrogen and oxygen atoms in total. The maximum absolute atomic E-state index is 6.52. The molecule has 29 heavy (non-hydrogen) atoms. The first-order valence-electron chi connectivity index (χ1n) is 10.1. The number of morpholine rings is 1. The number of thiazole rings is 1. The first-order chi connectivity index (χ1) is 14.2. The number of hydrogen-bond acceptors (Lipinski definition) is 4. The average Bonchev–Trinajstić information content (AvgIpc) is 3.16. The molecule has 152 valence electrons. The number of rotatable bonds is 6. The quantitative estimate of drug-likeness (QED) is 0.554. The van der Waals surface area contributed by atoms with Gasteiger partial charge >= 0.3 is 0 Å². The van der Waals surface area contributed by atoms with E-state index in [2.05, 4.69) is 52.1 Å². The highest BCUT2D eigenvalue weighted by atomic mass is 35.5. The summed E-state index contributed by atoms with van der Waals surface area (Å²) in [5, 5.41) is 2.93. The van der Waals surface area contributed by atoms with E-state index >= 15 is 0 Å². The van der Waals surface area contributed by atoms with Crippen molar-refractivity contribution in [3.8, 4) is 11.3 Å². The zero-order valence-corrected chi connectivity index (χ0v) is 18.3. The predicted molar refractivity (Wildman–Crippen MR) is 121 cm³/mol. The van der Waals surface area contributed by atoms with E-state index in [0.29, 0.717) is 0 Å². The molecule has 0 saturated carbocycles. The summed E-state index contributed by atoms with van der Waals surface area (Å²) >= 11 is 8.18. The van der Waals surface area contributed by atoms with E-state index in [1.807, 2.05) is 18.2 Å². The van der Waals surface area contributed by atoms with E-state index < -0.39 is 0 Å². The maximum Gasteiger partial charge on any atom is 0.190 e. The van der Waals surface area contributed by atoms with E-state index in [1.165, 1.54) is 5.56 Å². The Balaban J connectivity index is 1.70. The fourth-order valence-electron chi connectivity index (χ4n) is 3.50. The van der Waals surface area contributed by atoms with Crippen molar-refractivity contribution < 1.29 is 4.74 Å². The summed E-state index contributed by atoms with van der Waals surface area (Å²) in [7, 11) is 0. The summed E-state index contributed by atoms with van der Waals surface area (Å²) in [6.07, 6.45) is 1.04. The molecule has 2 aromatic carbocycles. The van der Waals surface area contributed by atoms with Crippen LogP contribution in [0.1, 0.15) is 12.5 Å². The van der Waals surface area contributed by atoms with Crippen LogP contribution in [0.25, 0.3) is 11.3 Å². The van der Waals surface area contributed by atoms with Gasteiger partial charge < -0.3 is 9.30 Å². The van der Waals surface area contributed by atoms with Crippen LogP contribution >= 0.6 is 22.9 Å². The Morgan fingerprint density at radius 2 is 1.79 bits per heavy atom. The molecular formula is C23H26ClN3OS. The highest BCUT2D eigenvalue weighted by Gasteiger charge is 2.14. The Hall–Kier alpha value is -1.92. The monoisotopic (exact) mass is 427 g/mol. The van der Waals surface area contributed by atoms with Crippen molar-refractivity contribution in [2.24, 2.45) is 4.99 Å². The Labute approximate surface area is 181 Å². The molecule has 0 bridgehead atoms. The van der Waals surface area contributed by atoms with Gasteiger partial charge in [0, 0.05) is 42.1 Å². The predicted octanol–water partition coefficient (Wildman–Crippen LogP) is 5.00. The second-order valence-electron chi connectivity index (χ2n) is 7.12. The number of halogens is 1.